The number of hydrogen-bond donors (Lipinski definition) is 0. The van der Waals surface area contributed by atoms with Gasteiger partial charge >= 0.3 is 0 Å². The highest BCUT2D eigenvalue weighted by Gasteiger charge is 2.37. The Labute approximate surface area is 183 Å². The molecule has 0 unspecified atom stereocenters. The second-order valence-corrected chi connectivity index (χ2v) is 9.70. The number of carbonyl (C=O) groups excluding carboxylic acids is 1. The van der Waals surface area contributed by atoms with Gasteiger partial charge in [0.25, 0.3) is 5.91 Å². The molecule has 6 nitrogen and oxygen atoms in total. The second-order valence-electron chi connectivity index (χ2n) is 9.70. The summed E-state index contributed by atoms with van der Waals surface area (Å²) in [6.07, 6.45) is 4.71. The minimum Gasteiger partial charge on any atom is -0.459 e. The summed E-state index contributed by atoms with van der Waals surface area (Å²) >= 11 is 0. The van der Waals surface area contributed by atoms with Crippen molar-refractivity contribution in [3.8, 4) is 6.07 Å². The molecule has 1 aromatic carbocycles. The summed E-state index contributed by atoms with van der Waals surface area (Å²) in [4.78, 5) is 17.0. The normalized spacial score (nSPS) is 22.7. The van der Waals surface area contributed by atoms with Crippen LogP contribution in [0.15, 0.2) is 28.9 Å². The summed E-state index contributed by atoms with van der Waals surface area (Å²) in [6, 6.07) is 8.25. The van der Waals surface area contributed by atoms with Gasteiger partial charge in [-0.25, -0.2) is 0 Å². The highest BCUT2D eigenvalue weighted by molar-refractivity contribution is 5.92. The number of anilines is 1. The van der Waals surface area contributed by atoms with E-state index in [9.17, 15) is 10.1 Å². The molecule has 1 aliphatic carbocycles. The van der Waals surface area contributed by atoms with Crippen LogP contribution in [0.5, 0.6) is 0 Å². The van der Waals surface area contributed by atoms with Gasteiger partial charge in [0.2, 0.25) is 0 Å². The molecule has 2 aromatic rings. The van der Waals surface area contributed by atoms with Crippen molar-refractivity contribution >= 4 is 11.6 Å². The number of amides is 1. The molecule has 1 atom stereocenters. The molecule has 2 fully saturated rings. The molecule has 5 rings (SSSR count). The number of piperazine rings is 1. The number of fused-ring (bicyclic) bond motifs is 1. The lowest BCUT2D eigenvalue weighted by atomic mass is 9.84. The molecule has 1 saturated heterocycles. The summed E-state index contributed by atoms with van der Waals surface area (Å²) in [7, 11) is 0. The van der Waals surface area contributed by atoms with Gasteiger partial charge in [0.05, 0.1) is 29.7 Å². The van der Waals surface area contributed by atoms with Crippen molar-refractivity contribution in [1.82, 2.24) is 4.90 Å². The number of nitriles is 1. The van der Waals surface area contributed by atoms with Crippen LogP contribution in [0.1, 0.15) is 72.3 Å². The zero-order valence-electron chi connectivity index (χ0n) is 18.5. The third kappa shape index (κ3) is 3.61. The van der Waals surface area contributed by atoms with Crippen LogP contribution < -0.4 is 4.90 Å². The van der Waals surface area contributed by atoms with Crippen LogP contribution in [-0.4, -0.2) is 42.1 Å². The maximum atomic E-state index is 12.8. The minimum absolute atomic E-state index is 0.0260. The Morgan fingerprint density at radius 2 is 2.06 bits per heavy atom. The third-order valence-corrected chi connectivity index (χ3v) is 6.86. The van der Waals surface area contributed by atoms with Crippen molar-refractivity contribution in [2.24, 2.45) is 0 Å². The average Bonchev–Trinajstić information content (AvgIpc) is 3.44. The Balaban J connectivity index is 1.47. The van der Waals surface area contributed by atoms with Crippen LogP contribution in [0, 0.1) is 11.3 Å². The van der Waals surface area contributed by atoms with Crippen molar-refractivity contribution in [1.29, 1.82) is 5.26 Å². The van der Waals surface area contributed by atoms with Gasteiger partial charge in [-0.3, -0.25) is 4.79 Å². The molecular weight excluding hydrogens is 390 g/mol. The SMILES string of the molecule is C[C@@H]1CN(c2cc(C3CC3)c3c(c2C#N)CC(C)(C)OC3)CCN1C(=O)c1ccco1. The number of ether oxygens (including phenoxy) is 1. The fraction of sp³-hybridized carbons (Fsp3) is 0.520. The van der Waals surface area contributed by atoms with Gasteiger partial charge in [0.15, 0.2) is 5.76 Å². The number of carbonyl (C=O) groups is 1. The molecule has 3 aliphatic rings. The van der Waals surface area contributed by atoms with E-state index in [4.69, 9.17) is 9.15 Å². The number of nitrogens with zero attached hydrogens (tertiary/aromatic N) is 3. The van der Waals surface area contributed by atoms with Crippen LogP contribution in [0.3, 0.4) is 0 Å². The van der Waals surface area contributed by atoms with Gasteiger partial charge < -0.3 is 19.0 Å². The largest absolute Gasteiger partial charge is 0.459 e. The first-order valence-electron chi connectivity index (χ1n) is 11.2. The van der Waals surface area contributed by atoms with Crippen LogP contribution >= 0.6 is 0 Å². The van der Waals surface area contributed by atoms with E-state index in [-0.39, 0.29) is 17.6 Å². The van der Waals surface area contributed by atoms with E-state index < -0.39 is 0 Å². The molecule has 1 aromatic heterocycles. The molecule has 3 heterocycles. The van der Waals surface area contributed by atoms with E-state index >= 15 is 0 Å². The number of rotatable bonds is 3. The molecule has 1 amide bonds. The summed E-state index contributed by atoms with van der Waals surface area (Å²) < 4.78 is 11.4. The molecule has 0 bridgehead atoms. The Morgan fingerprint density at radius 3 is 2.71 bits per heavy atom. The van der Waals surface area contributed by atoms with Gasteiger partial charge in [-0.15, -0.1) is 0 Å². The Kier molecular flexibility index (Phi) is 4.82. The lowest BCUT2D eigenvalue weighted by molar-refractivity contribution is -0.0405. The molecular formula is C25H29N3O3. The van der Waals surface area contributed by atoms with Crippen molar-refractivity contribution in [2.75, 3.05) is 24.5 Å². The zero-order chi connectivity index (χ0) is 21.8. The highest BCUT2D eigenvalue weighted by Crippen LogP contribution is 2.47. The summed E-state index contributed by atoms with van der Waals surface area (Å²) in [5, 5.41) is 10.2. The predicted molar refractivity (Wildman–Crippen MR) is 117 cm³/mol. The van der Waals surface area contributed by atoms with E-state index in [1.807, 2.05) is 4.90 Å². The molecule has 31 heavy (non-hydrogen) atoms. The van der Waals surface area contributed by atoms with Gasteiger partial charge in [-0.1, -0.05) is 0 Å². The fourth-order valence-electron chi connectivity index (χ4n) is 5.05. The van der Waals surface area contributed by atoms with Crippen molar-refractivity contribution in [3.05, 3.63) is 52.5 Å². The fourth-order valence-corrected chi connectivity index (χ4v) is 5.05. The molecule has 162 valence electrons. The van der Waals surface area contributed by atoms with Crippen molar-refractivity contribution in [3.63, 3.8) is 0 Å². The first-order valence-corrected chi connectivity index (χ1v) is 11.2. The van der Waals surface area contributed by atoms with Crippen LogP contribution in [0.4, 0.5) is 5.69 Å². The second kappa shape index (κ2) is 7.42. The Morgan fingerprint density at radius 1 is 1.26 bits per heavy atom. The summed E-state index contributed by atoms with van der Waals surface area (Å²) in [6.45, 7) is 8.86. The average molecular weight is 420 g/mol. The summed E-state index contributed by atoms with van der Waals surface area (Å²) in [5.41, 5.74) is 5.31. The number of furan rings is 1. The van der Waals surface area contributed by atoms with E-state index in [0.717, 1.165) is 17.7 Å². The third-order valence-electron chi connectivity index (χ3n) is 6.86. The van der Waals surface area contributed by atoms with Crippen molar-refractivity contribution < 1.29 is 13.9 Å². The Bertz CT molecular complexity index is 1050. The number of hydrogen-bond acceptors (Lipinski definition) is 5. The molecule has 0 radical (unpaired) electrons. The Hall–Kier alpha value is -2.78. The van der Waals surface area contributed by atoms with Gasteiger partial charge in [-0.05, 0) is 74.4 Å². The molecule has 1 saturated carbocycles. The van der Waals surface area contributed by atoms with Crippen LogP contribution in [0.25, 0.3) is 0 Å². The van der Waals surface area contributed by atoms with E-state index in [1.165, 1.54) is 35.8 Å². The lowest BCUT2D eigenvalue weighted by Crippen LogP contribution is -2.54. The predicted octanol–water partition coefficient (Wildman–Crippen LogP) is 4.23. The molecule has 0 N–H and O–H groups in total. The van der Waals surface area contributed by atoms with Gasteiger partial charge in [0, 0.05) is 32.1 Å². The maximum Gasteiger partial charge on any atom is 0.289 e. The molecule has 6 heteroatoms. The first-order chi connectivity index (χ1) is 14.9. The van der Waals surface area contributed by atoms with Crippen LogP contribution in [-0.2, 0) is 17.8 Å². The number of benzene rings is 1. The quantitative estimate of drug-likeness (QED) is 0.745. The maximum absolute atomic E-state index is 12.8. The van der Waals surface area contributed by atoms with Gasteiger partial charge in [-0.2, -0.15) is 5.26 Å². The first kappa shape index (κ1) is 20.1. The van der Waals surface area contributed by atoms with Gasteiger partial charge in [0.1, 0.15) is 6.07 Å². The highest BCUT2D eigenvalue weighted by atomic mass is 16.5. The van der Waals surface area contributed by atoms with E-state index in [1.54, 1.807) is 12.1 Å². The van der Waals surface area contributed by atoms with E-state index in [0.29, 0.717) is 37.9 Å². The van der Waals surface area contributed by atoms with Crippen LogP contribution in [0.2, 0.25) is 0 Å². The topological polar surface area (TPSA) is 69.7 Å². The van der Waals surface area contributed by atoms with E-state index in [2.05, 4.69) is 37.8 Å². The summed E-state index contributed by atoms with van der Waals surface area (Å²) in [5.74, 6) is 0.898. The van der Waals surface area contributed by atoms with Crippen molar-refractivity contribution in [2.45, 2.75) is 64.2 Å². The smallest absolute Gasteiger partial charge is 0.289 e. The molecule has 0 spiro atoms. The lowest BCUT2D eigenvalue weighted by Gasteiger charge is -2.42. The zero-order valence-corrected chi connectivity index (χ0v) is 18.5. The molecule has 2 aliphatic heterocycles. The standard InChI is InChI=1S/C25H29N3O3/c1-16-14-27(8-9-28(16)24(29)23-5-4-10-30-23)22-11-18(17-6-7-17)21-15-31-25(2,3)12-19(21)20(22)13-26/h4-5,10-11,16-17H,6-9,12,14-15H2,1-3H3/t16-/m1/s1. The monoisotopic (exact) mass is 419 g/mol. The minimum atomic E-state index is -0.264.